The van der Waals surface area contributed by atoms with E-state index in [1.165, 1.54) is 6.42 Å². The normalized spacial score (nSPS) is 20.7. The van der Waals surface area contributed by atoms with Gasteiger partial charge in [0.15, 0.2) is 0 Å². The van der Waals surface area contributed by atoms with Crippen LogP contribution in [0.5, 0.6) is 0 Å². The summed E-state index contributed by atoms with van der Waals surface area (Å²) in [5.41, 5.74) is 0.945. The fourth-order valence-electron chi connectivity index (χ4n) is 1.76. The minimum atomic E-state index is 0.317. The van der Waals surface area contributed by atoms with Gasteiger partial charge in [-0.15, -0.1) is 0 Å². The van der Waals surface area contributed by atoms with Crippen LogP contribution in [0.2, 0.25) is 5.28 Å². The lowest BCUT2D eigenvalue weighted by molar-refractivity contribution is 0.509. The summed E-state index contributed by atoms with van der Waals surface area (Å²) in [7, 11) is 0. The topological polar surface area (TPSA) is 49.8 Å². The first-order valence-corrected chi connectivity index (χ1v) is 5.61. The number of rotatable bonds is 4. The molecule has 1 fully saturated rings. The molecule has 0 aliphatic carbocycles. The number of halogens is 1. The minimum absolute atomic E-state index is 0.317. The van der Waals surface area contributed by atoms with E-state index >= 15 is 0 Å². The summed E-state index contributed by atoms with van der Waals surface area (Å²) < 4.78 is 0. The van der Waals surface area contributed by atoms with Gasteiger partial charge in [0.05, 0.1) is 5.69 Å². The molecule has 1 atom stereocenters. The van der Waals surface area contributed by atoms with E-state index in [-0.39, 0.29) is 0 Å². The first-order valence-electron chi connectivity index (χ1n) is 5.23. The highest BCUT2D eigenvalue weighted by atomic mass is 35.5. The van der Waals surface area contributed by atoms with E-state index in [2.05, 4.69) is 20.6 Å². The molecule has 1 saturated heterocycles. The van der Waals surface area contributed by atoms with E-state index in [9.17, 15) is 0 Å². The van der Waals surface area contributed by atoms with Crippen LogP contribution in [0.1, 0.15) is 12.1 Å². The van der Waals surface area contributed by atoms with Crippen LogP contribution < -0.4 is 10.6 Å². The lowest BCUT2D eigenvalue weighted by Crippen LogP contribution is -2.24. The van der Waals surface area contributed by atoms with Crippen molar-refractivity contribution in [3.63, 3.8) is 0 Å². The lowest BCUT2D eigenvalue weighted by atomic mass is 10.1. The molecule has 5 heteroatoms. The number of nitrogens with zero attached hydrogens (tertiary/aromatic N) is 2. The van der Waals surface area contributed by atoms with Gasteiger partial charge < -0.3 is 10.6 Å². The Hall–Kier alpha value is -0.710. The second kappa shape index (κ2) is 5.39. The van der Waals surface area contributed by atoms with Crippen LogP contribution in [0.25, 0.3) is 0 Å². The van der Waals surface area contributed by atoms with Crippen molar-refractivity contribution in [3.8, 4) is 0 Å². The summed E-state index contributed by atoms with van der Waals surface area (Å²) >= 11 is 5.69. The summed E-state index contributed by atoms with van der Waals surface area (Å²) in [5.74, 6) is 0.752. The molecule has 2 N–H and O–H groups in total. The quantitative estimate of drug-likeness (QED) is 0.747. The molecule has 1 aromatic heterocycles. The molecular formula is C10H15ClN4. The maximum Gasteiger partial charge on any atom is 0.222 e. The Morgan fingerprint density at radius 2 is 2.53 bits per heavy atom. The summed E-state index contributed by atoms with van der Waals surface area (Å²) in [5, 5.41) is 7.04. The van der Waals surface area contributed by atoms with Gasteiger partial charge in [0, 0.05) is 12.7 Å². The van der Waals surface area contributed by atoms with Crippen molar-refractivity contribution in [3.05, 3.63) is 23.2 Å². The summed E-state index contributed by atoms with van der Waals surface area (Å²) in [4.78, 5) is 7.96. The van der Waals surface area contributed by atoms with Crippen molar-refractivity contribution in [2.75, 3.05) is 19.6 Å². The average Bonchev–Trinajstić information content (AvgIpc) is 2.71. The molecule has 1 aliphatic heterocycles. The highest BCUT2D eigenvalue weighted by Crippen LogP contribution is 2.06. The Morgan fingerprint density at radius 1 is 1.60 bits per heavy atom. The SMILES string of the molecule is Clc1nccc(CNC[C@@H]2CCNC2)n1. The molecule has 2 rings (SSSR count). The number of hydrogen-bond donors (Lipinski definition) is 2. The van der Waals surface area contributed by atoms with Crippen LogP contribution >= 0.6 is 11.6 Å². The zero-order valence-corrected chi connectivity index (χ0v) is 9.30. The van der Waals surface area contributed by atoms with Crippen molar-refractivity contribution in [1.29, 1.82) is 0 Å². The van der Waals surface area contributed by atoms with E-state index in [1.807, 2.05) is 6.07 Å². The van der Waals surface area contributed by atoms with Gasteiger partial charge >= 0.3 is 0 Å². The molecule has 0 spiro atoms. The van der Waals surface area contributed by atoms with E-state index in [0.29, 0.717) is 5.28 Å². The molecule has 0 aromatic carbocycles. The van der Waals surface area contributed by atoms with Gasteiger partial charge in [0.25, 0.3) is 0 Å². The molecule has 4 nitrogen and oxygen atoms in total. The molecule has 0 unspecified atom stereocenters. The van der Waals surface area contributed by atoms with E-state index in [1.54, 1.807) is 6.20 Å². The average molecular weight is 227 g/mol. The smallest absolute Gasteiger partial charge is 0.222 e. The predicted octanol–water partition coefficient (Wildman–Crippen LogP) is 0.829. The highest BCUT2D eigenvalue weighted by molar-refractivity contribution is 6.28. The third kappa shape index (κ3) is 3.41. The molecular weight excluding hydrogens is 212 g/mol. The third-order valence-electron chi connectivity index (χ3n) is 2.59. The number of aromatic nitrogens is 2. The van der Waals surface area contributed by atoms with Crippen molar-refractivity contribution >= 4 is 11.6 Å². The first-order chi connectivity index (χ1) is 7.34. The van der Waals surface area contributed by atoms with E-state index in [0.717, 1.165) is 37.8 Å². The van der Waals surface area contributed by atoms with Crippen LogP contribution in [-0.2, 0) is 6.54 Å². The van der Waals surface area contributed by atoms with Crippen LogP contribution in [0, 0.1) is 5.92 Å². The van der Waals surface area contributed by atoms with Crippen molar-refractivity contribution < 1.29 is 0 Å². The van der Waals surface area contributed by atoms with Crippen LogP contribution in [-0.4, -0.2) is 29.6 Å². The summed E-state index contributed by atoms with van der Waals surface area (Å²) in [6.45, 7) is 4.07. The van der Waals surface area contributed by atoms with Crippen molar-refractivity contribution in [2.24, 2.45) is 5.92 Å². The third-order valence-corrected chi connectivity index (χ3v) is 2.77. The highest BCUT2D eigenvalue weighted by Gasteiger charge is 2.13. The first kappa shape index (κ1) is 10.8. The molecule has 1 aromatic rings. The maximum absolute atomic E-state index is 5.69. The second-order valence-electron chi connectivity index (χ2n) is 3.81. The minimum Gasteiger partial charge on any atom is -0.316 e. The van der Waals surface area contributed by atoms with Crippen molar-refractivity contribution in [2.45, 2.75) is 13.0 Å². The predicted molar refractivity (Wildman–Crippen MR) is 59.7 cm³/mol. The van der Waals surface area contributed by atoms with Crippen LogP contribution in [0.15, 0.2) is 12.3 Å². The van der Waals surface area contributed by atoms with Gasteiger partial charge in [-0.05, 0) is 49.6 Å². The molecule has 82 valence electrons. The number of hydrogen-bond acceptors (Lipinski definition) is 4. The molecule has 15 heavy (non-hydrogen) atoms. The molecule has 0 bridgehead atoms. The van der Waals surface area contributed by atoms with E-state index in [4.69, 9.17) is 11.6 Å². The van der Waals surface area contributed by atoms with E-state index < -0.39 is 0 Å². The Bertz CT molecular complexity index is 312. The van der Waals surface area contributed by atoms with Crippen LogP contribution in [0.3, 0.4) is 0 Å². The molecule has 2 heterocycles. The van der Waals surface area contributed by atoms with Gasteiger partial charge in [-0.1, -0.05) is 0 Å². The second-order valence-corrected chi connectivity index (χ2v) is 4.14. The summed E-state index contributed by atoms with van der Waals surface area (Å²) in [6.07, 6.45) is 2.95. The molecule has 1 aliphatic rings. The van der Waals surface area contributed by atoms with Crippen molar-refractivity contribution in [1.82, 2.24) is 20.6 Å². The Kier molecular flexibility index (Phi) is 3.88. The zero-order chi connectivity index (χ0) is 10.5. The Labute approximate surface area is 94.5 Å². The molecule has 0 saturated carbocycles. The zero-order valence-electron chi connectivity index (χ0n) is 8.54. The largest absolute Gasteiger partial charge is 0.316 e. The van der Waals surface area contributed by atoms with Crippen LogP contribution in [0.4, 0.5) is 0 Å². The monoisotopic (exact) mass is 226 g/mol. The molecule has 0 radical (unpaired) electrons. The van der Waals surface area contributed by atoms with Gasteiger partial charge in [-0.3, -0.25) is 0 Å². The lowest BCUT2D eigenvalue weighted by Gasteiger charge is -2.09. The number of nitrogens with one attached hydrogen (secondary N) is 2. The van der Waals surface area contributed by atoms with Gasteiger partial charge in [-0.2, -0.15) is 0 Å². The molecule has 0 amide bonds. The summed E-state index contributed by atoms with van der Waals surface area (Å²) in [6, 6.07) is 1.88. The van der Waals surface area contributed by atoms with Gasteiger partial charge in [0.2, 0.25) is 5.28 Å². The Balaban J connectivity index is 1.73. The fourth-order valence-corrected chi connectivity index (χ4v) is 1.93. The van der Waals surface area contributed by atoms with Gasteiger partial charge in [0.1, 0.15) is 0 Å². The fraction of sp³-hybridized carbons (Fsp3) is 0.600. The standard InChI is InChI=1S/C10H15ClN4/c11-10-14-4-2-9(15-10)7-13-6-8-1-3-12-5-8/h2,4,8,12-13H,1,3,5-7H2/t8-/m1/s1. The maximum atomic E-state index is 5.69. The Morgan fingerprint density at radius 3 is 3.27 bits per heavy atom. The van der Waals surface area contributed by atoms with Gasteiger partial charge in [-0.25, -0.2) is 9.97 Å².